The van der Waals surface area contributed by atoms with Crippen LogP contribution in [0.2, 0.25) is 0 Å². The molecule has 2 unspecified atom stereocenters. The second-order valence-corrected chi connectivity index (χ2v) is 4.90. The number of hydrogen-bond acceptors (Lipinski definition) is 4. The molecule has 15 heavy (non-hydrogen) atoms. The third kappa shape index (κ3) is 4.93. The quantitative estimate of drug-likeness (QED) is 0.590. The normalized spacial score (nSPS) is 28.6. The first-order valence-electron chi connectivity index (χ1n) is 5.77. The van der Waals surface area contributed by atoms with Crippen molar-refractivity contribution in [2.45, 2.75) is 44.9 Å². The molecule has 0 saturated carbocycles. The molecule has 0 bridgehead atoms. The van der Waals surface area contributed by atoms with Crippen molar-refractivity contribution < 1.29 is 9.84 Å². The topological polar surface area (TPSA) is 53.5 Å². The van der Waals surface area contributed by atoms with E-state index in [0.29, 0.717) is 13.2 Å². The van der Waals surface area contributed by atoms with Gasteiger partial charge in [0.25, 0.3) is 0 Å². The maximum Gasteiger partial charge on any atom is 0.0898 e. The van der Waals surface area contributed by atoms with Gasteiger partial charge in [-0.2, -0.15) is 0 Å². The van der Waals surface area contributed by atoms with Crippen molar-refractivity contribution in [1.82, 2.24) is 10.6 Å². The van der Waals surface area contributed by atoms with Gasteiger partial charge in [-0.15, -0.1) is 0 Å². The SMILES string of the molecule is CC(C)OCC(O)CNC1(C)CCNC1. The number of nitrogens with one attached hydrogen (secondary N) is 2. The fraction of sp³-hybridized carbons (Fsp3) is 1.00. The van der Waals surface area contributed by atoms with E-state index in [9.17, 15) is 5.11 Å². The Morgan fingerprint density at radius 3 is 2.80 bits per heavy atom. The van der Waals surface area contributed by atoms with Gasteiger partial charge in [0.15, 0.2) is 0 Å². The fourth-order valence-electron chi connectivity index (χ4n) is 1.69. The van der Waals surface area contributed by atoms with Crippen LogP contribution >= 0.6 is 0 Å². The molecular weight excluding hydrogens is 192 g/mol. The van der Waals surface area contributed by atoms with E-state index in [4.69, 9.17) is 4.74 Å². The zero-order valence-electron chi connectivity index (χ0n) is 10.0. The highest BCUT2D eigenvalue weighted by Gasteiger charge is 2.28. The molecule has 1 aliphatic rings. The molecule has 0 aromatic carbocycles. The van der Waals surface area contributed by atoms with Crippen LogP contribution in [0.1, 0.15) is 27.2 Å². The molecule has 90 valence electrons. The maximum absolute atomic E-state index is 9.66. The molecule has 0 spiro atoms. The minimum atomic E-state index is -0.412. The minimum Gasteiger partial charge on any atom is -0.389 e. The van der Waals surface area contributed by atoms with Crippen LogP contribution in [0.15, 0.2) is 0 Å². The van der Waals surface area contributed by atoms with Crippen LogP contribution in [0.25, 0.3) is 0 Å². The predicted octanol–water partition coefficient (Wildman–Crippen LogP) is 0.114. The summed E-state index contributed by atoms with van der Waals surface area (Å²) in [6.45, 7) is 9.18. The Balaban J connectivity index is 2.13. The van der Waals surface area contributed by atoms with Gasteiger partial charge in [-0.3, -0.25) is 0 Å². The van der Waals surface area contributed by atoms with Crippen molar-refractivity contribution in [3.05, 3.63) is 0 Å². The second-order valence-electron chi connectivity index (χ2n) is 4.90. The van der Waals surface area contributed by atoms with Gasteiger partial charge < -0.3 is 20.5 Å². The van der Waals surface area contributed by atoms with Crippen molar-refractivity contribution in [2.24, 2.45) is 0 Å². The Kier molecular flexibility index (Phi) is 4.99. The Bertz CT molecular complexity index is 179. The highest BCUT2D eigenvalue weighted by atomic mass is 16.5. The molecule has 4 nitrogen and oxygen atoms in total. The van der Waals surface area contributed by atoms with E-state index in [2.05, 4.69) is 17.6 Å². The zero-order chi connectivity index (χ0) is 11.3. The molecule has 1 rings (SSSR count). The van der Waals surface area contributed by atoms with Crippen LogP contribution in [-0.4, -0.2) is 49.1 Å². The van der Waals surface area contributed by atoms with Gasteiger partial charge in [0.1, 0.15) is 0 Å². The van der Waals surface area contributed by atoms with Crippen molar-refractivity contribution in [1.29, 1.82) is 0 Å². The van der Waals surface area contributed by atoms with Gasteiger partial charge in [0.05, 0.1) is 18.8 Å². The largest absolute Gasteiger partial charge is 0.389 e. The number of rotatable bonds is 6. The van der Waals surface area contributed by atoms with Gasteiger partial charge in [0.2, 0.25) is 0 Å². The summed E-state index contributed by atoms with van der Waals surface area (Å²) in [5.74, 6) is 0. The fourth-order valence-corrected chi connectivity index (χ4v) is 1.69. The molecule has 1 aliphatic heterocycles. The van der Waals surface area contributed by atoms with Gasteiger partial charge >= 0.3 is 0 Å². The lowest BCUT2D eigenvalue weighted by Crippen LogP contribution is -2.48. The molecule has 1 saturated heterocycles. The molecular formula is C11H24N2O2. The van der Waals surface area contributed by atoms with Crippen LogP contribution in [-0.2, 0) is 4.74 Å². The predicted molar refractivity (Wildman–Crippen MR) is 61.0 cm³/mol. The summed E-state index contributed by atoms with van der Waals surface area (Å²) in [6, 6.07) is 0. The van der Waals surface area contributed by atoms with E-state index in [1.165, 1.54) is 0 Å². The summed E-state index contributed by atoms with van der Waals surface area (Å²) in [7, 11) is 0. The van der Waals surface area contributed by atoms with Crippen LogP contribution in [0.5, 0.6) is 0 Å². The average Bonchev–Trinajstić information content (AvgIpc) is 2.60. The molecule has 4 heteroatoms. The second kappa shape index (κ2) is 5.80. The first-order valence-corrected chi connectivity index (χ1v) is 5.77. The minimum absolute atomic E-state index is 0.138. The van der Waals surface area contributed by atoms with Crippen molar-refractivity contribution in [3.8, 4) is 0 Å². The Hall–Kier alpha value is -0.160. The van der Waals surface area contributed by atoms with Crippen molar-refractivity contribution in [3.63, 3.8) is 0 Å². The van der Waals surface area contributed by atoms with Gasteiger partial charge in [-0.1, -0.05) is 0 Å². The Morgan fingerprint density at radius 2 is 2.27 bits per heavy atom. The van der Waals surface area contributed by atoms with Crippen LogP contribution in [0.4, 0.5) is 0 Å². The molecule has 0 radical (unpaired) electrons. The third-order valence-corrected chi connectivity index (χ3v) is 2.76. The van der Waals surface area contributed by atoms with Gasteiger partial charge in [0, 0.05) is 18.6 Å². The van der Waals surface area contributed by atoms with E-state index in [0.717, 1.165) is 19.5 Å². The number of aliphatic hydroxyl groups excluding tert-OH is 1. The lowest BCUT2D eigenvalue weighted by Gasteiger charge is -2.26. The Morgan fingerprint density at radius 1 is 1.53 bits per heavy atom. The molecule has 0 aromatic heterocycles. The van der Waals surface area contributed by atoms with Gasteiger partial charge in [-0.05, 0) is 33.7 Å². The summed E-state index contributed by atoms with van der Waals surface area (Å²) in [4.78, 5) is 0. The van der Waals surface area contributed by atoms with Gasteiger partial charge in [-0.25, -0.2) is 0 Å². The van der Waals surface area contributed by atoms with E-state index in [1.54, 1.807) is 0 Å². The summed E-state index contributed by atoms with van der Waals surface area (Å²) in [5.41, 5.74) is 0.138. The maximum atomic E-state index is 9.66. The molecule has 3 N–H and O–H groups in total. The lowest BCUT2D eigenvalue weighted by molar-refractivity contribution is 0.00407. The molecule has 0 aromatic rings. The summed E-state index contributed by atoms with van der Waals surface area (Å²) in [6.07, 6.45) is 0.887. The number of hydrogen-bond donors (Lipinski definition) is 3. The number of aliphatic hydroxyl groups is 1. The lowest BCUT2D eigenvalue weighted by atomic mass is 10.0. The van der Waals surface area contributed by atoms with Crippen molar-refractivity contribution >= 4 is 0 Å². The zero-order valence-corrected chi connectivity index (χ0v) is 10.0. The molecule has 1 heterocycles. The number of β-amino-alcohol motifs (C(OH)–C–C–N with tert-alkyl or cyclic N) is 1. The number of ether oxygens (including phenoxy) is 1. The summed E-state index contributed by atoms with van der Waals surface area (Å²) >= 11 is 0. The summed E-state index contributed by atoms with van der Waals surface area (Å²) < 4.78 is 5.35. The molecule has 2 atom stereocenters. The standard InChI is InChI=1S/C11H24N2O2/c1-9(2)15-7-10(14)6-13-11(3)4-5-12-8-11/h9-10,12-14H,4-8H2,1-3H3. The van der Waals surface area contributed by atoms with E-state index in [-0.39, 0.29) is 11.6 Å². The van der Waals surface area contributed by atoms with Crippen molar-refractivity contribution in [2.75, 3.05) is 26.2 Å². The van der Waals surface area contributed by atoms with Crippen LogP contribution < -0.4 is 10.6 Å². The van der Waals surface area contributed by atoms with E-state index >= 15 is 0 Å². The summed E-state index contributed by atoms with van der Waals surface area (Å²) in [5, 5.41) is 16.4. The monoisotopic (exact) mass is 216 g/mol. The van der Waals surface area contributed by atoms with Crippen LogP contribution in [0.3, 0.4) is 0 Å². The highest BCUT2D eigenvalue weighted by Crippen LogP contribution is 2.12. The first kappa shape index (κ1) is 12.9. The Labute approximate surface area is 92.4 Å². The smallest absolute Gasteiger partial charge is 0.0898 e. The van der Waals surface area contributed by atoms with E-state index < -0.39 is 6.10 Å². The first-order chi connectivity index (χ1) is 7.02. The molecule has 1 fully saturated rings. The van der Waals surface area contributed by atoms with E-state index in [1.807, 2.05) is 13.8 Å². The molecule has 0 aliphatic carbocycles. The van der Waals surface area contributed by atoms with Crippen LogP contribution in [0, 0.1) is 0 Å². The highest BCUT2D eigenvalue weighted by molar-refractivity contribution is 4.91. The molecule has 0 amide bonds. The third-order valence-electron chi connectivity index (χ3n) is 2.76. The average molecular weight is 216 g/mol.